The van der Waals surface area contributed by atoms with Crippen molar-refractivity contribution in [2.75, 3.05) is 26.2 Å². The molecular weight excluding hydrogens is 434 g/mol. The lowest BCUT2D eigenvalue weighted by Gasteiger charge is -2.33. The number of hydrogen-bond donors (Lipinski definition) is 1. The molecule has 180 valence electrons. The first kappa shape index (κ1) is 25.7. The summed E-state index contributed by atoms with van der Waals surface area (Å²) in [5.41, 5.74) is 1.24. The normalized spacial score (nSPS) is 16.0. The number of β-amino-alcohol motifs (C(OH)–C–C–N with tert-alkyl or cyclic N) is 1. The van der Waals surface area contributed by atoms with E-state index in [2.05, 4.69) is 11.8 Å². The number of nitrogens with zero attached hydrogens (tertiary/aromatic N) is 1. The van der Waals surface area contributed by atoms with Gasteiger partial charge in [0.05, 0.1) is 12.7 Å². The third-order valence-corrected chi connectivity index (χ3v) is 6.76. The van der Waals surface area contributed by atoms with Gasteiger partial charge < -0.3 is 14.7 Å². The summed E-state index contributed by atoms with van der Waals surface area (Å²) in [6.45, 7) is 5.69. The molecule has 5 heteroatoms. The molecule has 0 bridgehead atoms. The summed E-state index contributed by atoms with van der Waals surface area (Å²) in [6, 6.07) is 14.4. The molecule has 0 unspecified atom stereocenters. The van der Waals surface area contributed by atoms with Crippen molar-refractivity contribution in [2.45, 2.75) is 64.4 Å². The topological polar surface area (TPSA) is 49.8 Å². The Bertz CT molecular complexity index is 846. The standard InChI is InChI=1S/C28H38ClNO3/c1-2-3-4-5-6-9-26(31)20-30-17-15-22(16-18-30)21-33-27-10-7-8-24(19-27)28(32)23-11-13-25(29)14-12-23/h7-8,10-14,19,22,26,31H,2-6,9,15-18,20-21H2,1H3/t26-/m0/s1. The van der Waals surface area contributed by atoms with Crippen LogP contribution in [0.2, 0.25) is 5.02 Å². The molecule has 0 aliphatic carbocycles. The Morgan fingerprint density at radius 1 is 1.06 bits per heavy atom. The summed E-state index contributed by atoms with van der Waals surface area (Å²) < 4.78 is 6.05. The molecular formula is C28H38ClNO3. The van der Waals surface area contributed by atoms with Crippen molar-refractivity contribution in [3.8, 4) is 5.75 Å². The molecule has 3 rings (SSSR count). The Hall–Kier alpha value is -1.88. The van der Waals surface area contributed by atoms with E-state index in [0.717, 1.165) is 51.1 Å². The number of halogens is 1. The number of ether oxygens (including phenoxy) is 1. The highest BCUT2D eigenvalue weighted by Crippen LogP contribution is 2.22. The largest absolute Gasteiger partial charge is 0.493 e. The summed E-state index contributed by atoms with van der Waals surface area (Å²) in [6.07, 6.45) is 9.06. The van der Waals surface area contributed by atoms with E-state index in [-0.39, 0.29) is 11.9 Å². The van der Waals surface area contributed by atoms with Gasteiger partial charge in [0, 0.05) is 22.7 Å². The van der Waals surface area contributed by atoms with E-state index in [9.17, 15) is 9.90 Å². The Labute approximate surface area is 203 Å². The maximum Gasteiger partial charge on any atom is 0.193 e. The van der Waals surface area contributed by atoms with Gasteiger partial charge in [0.1, 0.15) is 5.75 Å². The lowest BCUT2D eigenvalue weighted by molar-refractivity contribution is 0.0735. The van der Waals surface area contributed by atoms with Crippen LogP contribution in [0, 0.1) is 5.92 Å². The van der Waals surface area contributed by atoms with Crippen LogP contribution < -0.4 is 4.74 Å². The van der Waals surface area contributed by atoms with Crippen molar-refractivity contribution in [1.82, 2.24) is 4.90 Å². The number of rotatable bonds is 13. The molecule has 0 saturated carbocycles. The molecule has 0 amide bonds. The number of hydrogen-bond acceptors (Lipinski definition) is 4. The smallest absolute Gasteiger partial charge is 0.193 e. The number of carbonyl (C=O) groups is 1. The minimum Gasteiger partial charge on any atom is -0.493 e. The highest BCUT2D eigenvalue weighted by atomic mass is 35.5. The first-order valence-corrected chi connectivity index (χ1v) is 12.9. The summed E-state index contributed by atoms with van der Waals surface area (Å²) in [7, 11) is 0. The average molecular weight is 472 g/mol. The zero-order valence-corrected chi connectivity index (χ0v) is 20.6. The van der Waals surface area contributed by atoms with Crippen molar-refractivity contribution in [1.29, 1.82) is 0 Å². The average Bonchev–Trinajstić information content (AvgIpc) is 2.84. The minimum absolute atomic E-state index is 0.0330. The SMILES string of the molecule is CCCCCCC[C@H](O)CN1CCC(COc2cccc(C(=O)c3ccc(Cl)cc3)c2)CC1. The predicted octanol–water partition coefficient (Wildman–Crippen LogP) is 6.38. The highest BCUT2D eigenvalue weighted by Gasteiger charge is 2.21. The number of carbonyl (C=O) groups excluding carboxylic acids is 1. The zero-order valence-electron chi connectivity index (χ0n) is 19.8. The van der Waals surface area contributed by atoms with Crippen LogP contribution in [-0.4, -0.2) is 48.1 Å². The Balaban J connectivity index is 1.38. The van der Waals surface area contributed by atoms with E-state index in [1.807, 2.05) is 24.3 Å². The van der Waals surface area contributed by atoms with Crippen LogP contribution in [-0.2, 0) is 0 Å². The molecule has 1 atom stereocenters. The summed E-state index contributed by atoms with van der Waals surface area (Å²) >= 11 is 5.92. The van der Waals surface area contributed by atoms with E-state index in [4.69, 9.17) is 16.3 Å². The fraction of sp³-hybridized carbons (Fsp3) is 0.536. The van der Waals surface area contributed by atoms with E-state index in [1.165, 1.54) is 25.7 Å². The Kier molecular flexibility index (Phi) is 10.7. The van der Waals surface area contributed by atoms with Gasteiger partial charge >= 0.3 is 0 Å². The van der Waals surface area contributed by atoms with Crippen LogP contribution in [0.4, 0.5) is 0 Å². The lowest BCUT2D eigenvalue weighted by atomic mass is 9.97. The molecule has 4 nitrogen and oxygen atoms in total. The zero-order chi connectivity index (χ0) is 23.5. The third-order valence-electron chi connectivity index (χ3n) is 6.51. The van der Waals surface area contributed by atoms with Crippen molar-refractivity contribution in [3.63, 3.8) is 0 Å². The van der Waals surface area contributed by atoms with E-state index in [0.29, 0.717) is 28.7 Å². The molecule has 1 aliphatic heterocycles. The number of aliphatic hydroxyl groups excluding tert-OH is 1. The molecule has 33 heavy (non-hydrogen) atoms. The van der Waals surface area contributed by atoms with E-state index >= 15 is 0 Å². The van der Waals surface area contributed by atoms with Crippen LogP contribution in [0.3, 0.4) is 0 Å². The van der Waals surface area contributed by atoms with Crippen molar-refractivity contribution >= 4 is 17.4 Å². The fourth-order valence-electron chi connectivity index (χ4n) is 4.42. The van der Waals surface area contributed by atoms with Gasteiger partial charge in [-0.25, -0.2) is 0 Å². The van der Waals surface area contributed by atoms with Crippen LogP contribution in [0.5, 0.6) is 5.75 Å². The van der Waals surface area contributed by atoms with Crippen LogP contribution in [0.15, 0.2) is 48.5 Å². The number of benzene rings is 2. The molecule has 0 aromatic heterocycles. The monoisotopic (exact) mass is 471 g/mol. The maximum atomic E-state index is 12.7. The van der Waals surface area contributed by atoms with Gasteiger partial charge in [0.25, 0.3) is 0 Å². The summed E-state index contributed by atoms with van der Waals surface area (Å²) in [5.74, 6) is 1.20. The van der Waals surface area contributed by atoms with Crippen LogP contribution in [0.25, 0.3) is 0 Å². The molecule has 1 heterocycles. The van der Waals surface area contributed by atoms with Gasteiger partial charge in [-0.05, 0) is 74.7 Å². The highest BCUT2D eigenvalue weighted by molar-refractivity contribution is 6.30. The second-order valence-electron chi connectivity index (χ2n) is 9.28. The third kappa shape index (κ3) is 8.77. The number of piperidine rings is 1. The second kappa shape index (κ2) is 13.7. The van der Waals surface area contributed by atoms with Crippen molar-refractivity contribution < 1.29 is 14.6 Å². The van der Waals surface area contributed by atoms with Gasteiger partial charge in [0.15, 0.2) is 5.78 Å². The van der Waals surface area contributed by atoms with E-state index < -0.39 is 0 Å². The van der Waals surface area contributed by atoms with Gasteiger partial charge in [-0.3, -0.25) is 4.79 Å². The fourth-order valence-corrected chi connectivity index (χ4v) is 4.54. The van der Waals surface area contributed by atoms with Gasteiger partial charge in [0.2, 0.25) is 0 Å². The molecule has 1 saturated heterocycles. The van der Waals surface area contributed by atoms with Crippen LogP contribution >= 0.6 is 11.6 Å². The first-order chi connectivity index (χ1) is 16.0. The number of likely N-dealkylation sites (tertiary alicyclic amines) is 1. The Morgan fingerprint density at radius 3 is 2.52 bits per heavy atom. The van der Waals surface area contributed by atoms with E-state index in [1.54, 1.807) is 24.3 Å². The maximum absolute atomic E-state index is 12.7. The molecule has 0 spiro atoms. The number of aliphatic hydroxyl groups is 1. The predicted molar refractivity (Wildman–Crippen MR) is 135 cm³/mol. The molecule has 1 fully saturated rings. The summed E-state index contributed by atoms with van der Waals surface area (Å²) in [5, 5.41) is 11.0. The van der Waals surface area contributed by atoms with Gasteiger partial charge in [-0.15, -0.1) is 0 Å². The molecule has 1 N–H and O–H groups in total. The Morgan fingerprint density at radius 2 is 1.79 bits per heavy atom. The molecule has 2 aromatic rings. The molecule has 2 aromatic carbocycles. The van der Waals surface area contributed by atoms with Gasteiger partial charge in [-0.2, -0.15) is 0 Å². The second-order valence-corrected chi connectivity index (χ2v) is 9.71. The first-order valence-electron chi connectivity index (χ1n) is 12.5. The van der Waals surface area contributed by atoms with Crippen molar-refractivity contribution in [3.05, 3.63) is 64.7 Å². The molecule has 0 radical (unpaired) electrons. The quantitative estimate of drug-likeness (QED) is 0.272. The minimum atomic E-state index is -0.208. The lowest BCUT2D eigenvalue weighted by Crippen LogP contribution is -2.40. The number of ketones is 1. The number of unbranched alkanes of at least 4 members (excludes halogenated alkanes) is 4. The molecule has 1 aliphatic rings. The van der Waals surface area contributed by atoms with Crippen LogP contribution in [0.1, 0.15) is 74.2 Å². The van der Waals surface area contributed by atoms with Crippen molar-refractivity contribution in [2.24, 2.45) is 5.92 Å². The van der Waals surface area contributed by atoms with Gasteiger partial charge in [-0.1, -0.05) is 62.8 Å². The summed E-state index contributed by atoms with van der Waals surface area (Å²) in [4.78, 5) is 15.1.